The van der Waals surface area contributed by atoms with Gasteiger partial charge in [-0.3, -0.25) is 9.69 Å². The lowest BCUT2D eigenvalue weighted by molar-refractivity contribution is -0.133. The maximum absolute atomic E-state index is 11.9. The van der Waals surface area contributed by atoms with Gasteiger partial charge in [0.2, 0.25) is 5.91 Å². The van der Waals surface area contributed by atoms with Crippen LogP contribution >= 0.6 is 0 Å². The first kappa shape index (κ1) is 12.5. The van der Waals surface area contributed by atoms with Crippen molar-refractivity contribution in [2.75, 3.05) is 32.7 Å². The van der Waals surface area contributed by atoms with Crippen LogP contribution in [0.1, 0.15) is 26.7 Å². The van der Waals surface area contributed by atoms with E-state index in [9.17, 15) is 4.79 Å². The first-order valence-corrected chi connectivity index (χ1v) is 5.93. The van der Waals surface area contributed by atoms with E-state index in [0.717, 1.165) is 39.0 Å². The summed E-state index contributed by atoms with van der Waals surface area (Å²) < 4.78 is 0. The number of carbonyl (C=O) groups is 1. The summed E-state index contributed by atoms with van der Waals surface area (Å²) in [6.45, 7) is 8.27. The number of likely N-dealkylation sites (tertiary alicyclic amines) is 1. The molecule has 1 rings (SSSR count). The minimum atomic E-state index is 0.255. The van der Waals surface area contributed by atoms with Crippen molar-refractivity contribution in [1.29, 1.82) is 0 Å². The van der Waals surface area contributed by atoms with Crippen LogP contribution in [0.2, 0.25) is 0 Å². The molecule has 4 nitrogen and oxygen atoms in total. The number of nitrogens with two attached hydrogens (primary N) is 1. The monoisotopic (exact) mass is 213 g/mol. The minimum absolute atomic E-state index is 0.255. The summed E-state index contributed by atoms with van der Waals surface area (Å²) in [7, 11) is 0. The summed E-state index contributed by atoms with van der Waals surface area (Å²) >= 11 is 0. The summed E-state index contributed by atoms with van der Waals surface area (Å²) in [5.41, 5.74) is 5.67. The quantitative estimate of drug-likeness (QED) is 0.689. The Balaban J connectivity index is 2.28. The number of carbonyl (C=O) groups excluding carboxylic acids is 1. The van der Waals surface area contributed by atoms with Gasteiger partial charge in [0, 0.05) is 32.2 Å². The molecule has 1 amide bonds. The van der Waals surface area contributed by atoms with Crippen molar-refractivity contribution >= 4 is 5.91 Å². The van der Waals surface area contributed by atoms with Crippen molar-refractivity contribution in [2.24, 2.45) is 5.73 Å². The third-order valence-corrected chi connectivity index (χ3v) is 2.68. The van der Waals surface area contributed by atoms with Gasteiger partial charge in [-0.05, 0) is 12.8 Å². The summed E-state index contributed by atoms with van der Waals surface area (Å²) in [6.07, 6.45) is 2.07. The van der Waals surface area contributed by atoms with Gasteiger partial charge >= 0.3 is 0 Å². The SMILES string of the molecule is CCCN(CCC)C(=O)CN1CC(N)C1. The largest absolute Gasteiger partial charge is 0.342 e. The highest BCUT2D eigenvalue weighted by Gasteiger charge is 2.26. The van der Waals surface area contributed by atoms with Crippen LogP contribution in [-0.2, 0) is 4.79 Å². The van der Waals surface area contributed by atoms with E-state index in [2.05, 4.69) is 18.7 Å². The molecule has 15 heavy (non-hydrogen) atoms. The Bertz CT molecular complexity index is 196. The Hall–Kier alpha value is -0.610. The predicted octanol–water partition coefficient (Wildman–Crippen LogP) is 0.278. The second-order valence-corrected chi connectivity index (χ2v) is 4.33. The van der Waals surface area contributed by atoms with E-state index in [1.165, 1.54) is 0 Å². The molecule has 0 aromatic heterocycles. The van der Waals surface area contributed by atoms with E-state index < -0.39 is 0 Å². The van der Waals surface area contributed by atoms with Crippen LogP contribution in [0.4, 0.5) is 0 Å². The number of nitrogens with zero attached hydrogens (tertiary/aromatic N) is 2. The summed E-state index contributed by atoms with van der Waals surface area (Å²) in [5, 5.41) is 0. The fraction of sp³-hybridized carbons (Fsp3) is 0.909. The fourth-order valence-corrected chi connectivity index (χ4v) is 1.93. The number of hydrogen-bond acceptors (Lipinski definition) is 3. The van der Waals surface area contributed by atoms with Crippen LogP contribution < -0.4 is 5.73 Å². The third kappa shape index (κ3) is 3.80. The Morgan fingerprint density at radius 2 is 1.87 bits per heavy atom. The van der Waals surface area contributed by atoms with Crippen LogP contribution in [0.15, 0.2) is 0 Å². The first-order valence-electron chi connectivity index (χ1n) is 5.93. The van der Waals surface area contributed by atoms with Crippen molar-refractivity contribution < 1.29 is 4.79 Å². The van der Waals surface area contributed by atoms with Gasteiger partial charge in [-0.2, -0.15) is 0 Å². The average Bonchev–Trinajstić information content (AvgIpc) is 2.15. The lowest BCUT2D eigenvalue weighted by Crippen LogP contribution is -2.58. The normalized spacial score (nSPS) is 17.5. The molecule has 88 valence electrons. The highest BCUT2D eigenvalue weighted by Crippen LogP contribution is 2.06. The van der Waals surface area contributed by atoms with Crippen LogP contribution in [-0.4, -0.2) is 54.5 Å². The second-order valence-electron chi connectivity index (χ2n) is 4.33. The van der Waals surface area contributed by atoms with Crippen LogP contribution in [0, 0.1) is 0 Å². The topological polar surface area (TPSA) is 49.6 Å². The van der Waals surface area contributed by atoms with Gasteiger partial charge in [-0.25, -0.2) is 0 Å². The van der Waals surface area contributed by atoms with Gasteiger partial charge in [0.1, 0.15) is 0 Å². The van der Waals surface area contributed by atoms with Crippen molar-refractivity contribution in [3.63, 3.8) is 0 Å². The van der Waals surface area contributed by atoms with E-state index in [1.807, 2.05) is 4.90 Å². The molecule has 2 N–H and O–H groups in total. The number of rotatable bonds is 6. The molecule has 0 aliphatic carbocycles. The van der Waals surface area contributed by atoms with E-state index in [-0.39, 0.29) is 11.9 Å². The molecule has 4 heteroatoms. The Kier molecular flexibility index (Phi) is 5.05. The smallest absolute Gasteiger partial charge is 0.236 e. The Labute approximate surface area is 92.4 Å². The minimum Gasteiger partial charge on any atom is -0.342 e. The van der Waals surface area contributed by atoms with Crippen molar-refractivity contribution in [1.82, 2.24) is 9.80 Å². The second kappa shape index (κ2) is 6.08. The van der Waals surface area contributed by atoms with Crippen LogP contribution in [0.5, 0.6) is 0 Å². The highest BCUT2D eigenvalue weighted by atomic mass is 16.2. The van der Waals surface area contributed by atoms with Gasteiger partial charge in [0.25, 0.3) is 0 Å². The standard InChI is InChI=1S/C11H23N3O/c1-3-5-14(6-4-2)11(15)9-13-7-10(12)8-13/h10H,3-9,12H2,1-2H3. The van der Waals surface area contributed by atoms with E-state index >= 15 is 0 Å². The third-order valence-electron chi connectivity index (χ3n) is 2.68. The molecule has 1 heterocycles. The zero-order valence-electron chi connectivity index (χ0n) is 9.91. The maximum atomic E-state index is 11.9. The van der Waals surface area contributed by atoms with Crippen LogP contribution in [0.3, 0.4) is 0 Å². The molecule has 0 unspecified atom stereocenters. The van der Waals surface area contributed by atoms with Gasteiger partial charge in [-0.15, -0.1) is 0 Å². The molecule has 1 aliphatic heterocycles. The molecule has 0 atom stereocenters. The van der Waals surface area contributed by atoms with Crippen molar-refractivity contribution in [3.8, 4) is 0 Å². The van der Waals surface area contributed by atoms with Gasteiger partial charge in [0.15, 0.2) is 0 Å². The molecule has 0 aromatic rings. The molecule has 0 bridgehead atoms. The Morgan fingerprint density at radius 3 is 2.27 bits per heavy atom. The van der Waals surface area contributed by atoms with Gasteiger partial charge in [-0.1, -0.05) is 13.8 Å². The Morgan fingerprint density at radius 1 is 1.33 bits per heavy atom. The molecular weight excluding hydrogens is 190 g/mol. The molecule has 1 aliphatic rings. The molecule has 1 saturated heterocycles. The predicted molar refractivity (Wildman–Crippen MR) is 61.6 cm³/mol. The number of hydrogen-bond donors (Lipinski definition) is 1. The number of amides is 1. The molecule has 0 radical (unpaired) electrons. The van der Waals surface area contributed by atoms with Gasteiger partial charge in [0.05, 0.1) is 6.54 Å². The molecule has 0 spiro atoms. The van der Waals surface area contributed by atoms with E-state index in [0.29, 0.717) is 6.54 Å². The molecule has 0 saturated carbocycles. The lowest BCUT2D eigenvalue weighted by atomic mass is 10.1. The lowest BCUT2D eigenvalue weighted by Gasteiger charge is -2.37. The summed E-state index contributed by atoms with van der Waals surface area (Å²) in [4.78, 5) is 16.0. The van der Waals surface area contributed by atoms with E-state index in [4.69, 9.17) is 5.73 Å². The molecular formula is C11H23N3O. The maximum Gasteiger partial charge on any atom is 0.236 e. The summed E-state index contributed by atoms with van der Waals surface area (Å²) in [6, 6.07) is 0.281. The highest BCUT2D eigenvalue weighted by molar-refractivity contribution is 5.78. The average molecular weight is 213 g/mol. The van der Waals surface area contributed by atoms with Crippen LogP contribution in [0.25, 0.3) is 0 Å². The fourth-order valence-electron chi connectivity index (χ4n) is 1.93. The van der Waals surface area contributed by atoms with E-state index in [1.54, 1.807) is 0 Å². The summed E-state index contributed by atoms with van der Waals surface area (Å²) in [5.74, 6) is 0.255. The molecule has 0 aromatic carbocycles. The van der Waals surface area contributed by atoms with Crippen molar-refractivity contribution in [3.05, 3.63) is 0 Å². The zero-order valence-corrected chi connectivity index (χ0v) is 9.91. The first-order chi connectivity index (χ1) is 7.17. The molecule has 1 fully saturated rings. The van der Waals surface area contributed by atoms with Gasteiger partial charge < -0.3 is 10.6 Å². The zero-order chi connectivity index (χ0) is 11.3. The van der Waals surface area contributed by atoms with Crippen molar-refractivity contribution in [2.45, 2.75) is 32.7 Å².